The van der Waals surface area contributed by atoms with Crippen LogP contribution in [0.25, 0.3) is 15.9 Å². The molecule has 0 amide bonds. The van der Waals surface area contributed by atoms with Crippen LogP contribution < -0.4 is 5.56 Å². The van der Waals surface area contributed by atoms with E-state index in [4.69, 9.17) is 4.98 Å². The number of thiophene rings is 1. The van der Waals surface area contributed by atoms with E-state index in [1.165, 1.54) is 27.3 Å². The van der Waals surface area contributed by atoms with Crippen LogP contribution in [0.5, 0.6) is 0 Å². The van der Waals surface area contributed by atoms with Crippen molar-refractivity contribution < 1.29 is 4.39 Å². The molecule has 0 saturated heterocycles. The van der Waals surface area contributed by atoms with Gasteiger partial charge in [0.15, 0.2) is 5.16 Å². The van der Waals surface area contributed by atoms with Gasteiger partial charge in [-0.25, -0.2) is 9.37 Å². The first-order valence-corrected chi connectivity index (χ1v) is 10.8. The minimum atomic E-state index is -0.396. The van der Waals surface area contributed by atoms with Gasteiger partial charge < -0.3 is 0 Å². The highest BCUT2D eigenvalue weighted by molar-refractivity contribution is 7.99. The maximum Gasteiger partial charge on any atom is 0.267 e. The van der Waals surface area contributed by atoms with Gasteiger partial charge >= 0.3 is 0 Å². The summed E-state index contributed by atoms with van der Waals surface area (Å²) in [5, 5.41) is 1.28. The molecular formula is C20H21FN2OS2. The first kappa shape index (κ1) is 17.7. The van der Waals surface area contributed by atoms with Gasteiger partial charge in [-0.3, -0.25) is 9.36 Å². The molecule has 26 heavy (non-hydrogen) atoms. The van der Waals surface area contributed by atoms with Crippen molar-refractivity contribution in [3.63, 3.8) is 0 Å². The van der Waals surface area contributed by atoms with Crippen LogP contribution in [0.15, 0.2) is 34.2 Å². The zero-order valence-electron chi connectivity index (χ0n) is 14.9. The van der Waals surface area contributed by atoms with Crippen molar-refractivity contribution in [1.82, 2.24) is 9.55 Å². The van der Waals surface area contributed by atoms with E-state index in [0.717, 1.165) is 41.8 Å². The van der Waals surface area contributed by atoms with Crippen LogP contribution in [0.4, 0.5) is 4.39 Å². The van der Waals surface area contributed by atoms with Crippen molar-refractivity contribution in [1.29, 1.82) is 0 Å². The lowest BCUT2D eigenvalue weighted by Gasteiger charge is -2.18. The molecule has 1 unspecified atom stereocenters. The van der Waals surface area contributed by atoms with Crippen LogP contribution >= 0.6 is 23.1 Å². The zero-order valence-corrected chi connectivity index (χ0v) is 16.6. The third kappa shape index (κ3) is 2.99. The number of aryl methyl sites for hydroxylation is 1. The van der Waals surface area contributed by atoms with Crippen LogP contribution in [0.3, 0.4) is 0 Å². The van der Waals surface area contributed by atoms with Crippen molar-refractivity contribution in [3.8, 4) is 5.69 Å². The fraction of sp³-hybridized carbons (Fsp3) is 0.400. The highest BCUT2D eigenvalue weighted by atomic mass is 32.2. The van der Waals surface area contributed by atoms with E-state index in [2.05, 4.69) is 13.8 Å². The van der Waals surface area contributed by atoms with E-state index in [9.17, 15) is 9.18 Å². The van der Waals surface area contributed by atoms with E-state index < -0.39 is 5.82 Å². The van der Waals surface area contributed by atoms with E-state index in [1.54, 1.807) is 29.5 Å². The quantitative estimate of drug-likeness (QED) is 0.454. The second kappa shape index (κ2) is 7.16. The number of hydrogen-bond acceptors (Lipinski definition) is 4. The average molecular weight is 389 g/mol. The molecule has 136 valence electrons. The van der Waals surface area contributed by atoms with Crippen molar-refractivity contribution in [2.45, 2.75) is 44.7 Å². The van der Waals surface area contributed by atoms with Crippen LogP contribution in [0, 0.1) is 11.7 Å². The zero-order chi connectivity index (χ0) is 18.3. The fourth-order valence-corrected chi connectivity index (χ4v) is 5.79. The number of rotatable bonds is 4. The second-order valence-electron chi connectivity index (χ2n) is 6.87. The Bertz CT molecular complexity index is 1020. The van der Waals surface area contributed by atoms with Gasteiger partial charge in [0.2, 0.25) is 0 Å². The number of hydrogen-bond donors (Lipinski definition) is 0. The molecule has 1 aliphatic rings. The number of aromatic nitrogens is 2. The molecule has 0 saturated carbocycles. The van der Waals surface area contributed by atoms with Gasteiger partial charge in [-0.1, -0.05) is 37.7 Å². The number of thioether (sulfide) groups is 1. The van der Waals surface area contributed by atoms with Crippen LogP contribution in [0.1, 0.15) is 37.1 Å². The third-order valence-electron chi connectivity index (χ3n) is 4.83. The van der Waals surface area contributed by atoms with Crippen molar-refractivity contribution in [3.05, 3.63) is 50.9 Å². The summed E-state index contributed by atoms with van der Waals surface area (Å²) in [5.41, 5.74) is 1.29. The van der Waals surface area contributed by atoms with E-state index >= 15 is 0 Å². The van der Waals surface area contributed by atoms with Crippen molar-refractivity contribution >= 4 is 33.3 Å². The number of nitrogens with zero attached hydrogens (tertiary/aromatic N) is 2. The fourth-order valence-electron chi connectivity index (χ4n) is 3.51. The smallest absolute Gasteiger partial charge is 0.267 e. The van der Waals surface area contributed by atoms with Gasteiger partial charge in [0.05, 0.1) is 11.1 Å². The third-order valence-corrected chi connectivity index (χ3v) is 7.12. The van der Waals surface area contributed by atoms with Gasteiger partial charge in [-0.05, 0) is 49.3 Å². The first-order chi connectivity index (χ1) is 12.6. The van der Waals surface area contributed by atoms with Gasteiger partial charge in [-0.2, -0.15) is 0 Å². The van der Waals surface area contributed by atoms with Crippen molar-refractivity contribution in [2.24, 2.45) is 5.92 Å². The maximum atomic E-state index is 14.5. The van der Waals surface area contributed by atoms with Gasteiger partial charge in [-0.15, -0.1) is 11.3 Å². The van der Waals surface area contributed by atoms with Crippen LogP contribution in [-0.4, -0.2) is 15.3 Å². The summed E-state index contributed by atoms with van der Waals surface area (Å²) < 4.78 is 16.0. The van der Waals surface area contributed by atoms with Gasteiger partial charge in [0.1, 0.15) is 10.6 Å². The van der Waals surface area contributed by atoms with Crippen LogP contribution in [-0.2, 0) is 12.8 Å². The van der Waals surface area contributed by atoms with Gasteiger partial charge in [0, 0.05) is 10.6 Å². The molecular weight excluding hydrogens is 367 g/mol. The predicted molar refractivity (Wildman–Crippen MR) is 107 cm³/mol. The average Bonchev–Trinajstić information content (AvgIpc) is 2.98. The summed E-state index contributed by atoms with van der Waals surface area (Å²) >= 11 is 3.16. The molecule has 0 spiro atoms. The number of fused-ring (bicyclic) bond motifs is 3. The minimum absolute atomic E-state index is 0.134. The molecule has 1 atom stereocenters. The Labute approximate surface area is 160 Å². The molecule has 0 N–H and O–H groups in total. The molecule has 2 heterocycles. The van der Waals surface area contributed by atoms with Crippen molar-refractivity contribution in [2.75, 3.05) is 5.75 Å². The summed E-state index contributed by atoms with van der Waals surface area (Å²) in [4.78, 5) is 20.3. The molecule has 3 aromatic rings. The summed E-state index contributed by atoms with van der Waals surface area (Å²) in [6, 6.07) is 6.45. The Hall–Kier alpha value is -1.66. The Morgan fingerprint density at radius 2 is 2.19 bits per heavy atom. The normalized spacial score (nSPS) is 16.8. The predicted octanol–water partition coefficient (Wildman–Crippen LogP) is 5.21. The largest absolute Gasteiger partial charge is 0.268 e. The standard InChI is InChI=1S/C20H21FN2OS2/c1-3-10-25-20-22-18-17(13-9-8-12(2)11-16(13)26-18)19(24)23(20)15-7-5-4-6-14(15)21/h4-7,12H,3,8-11H2,1-2H3. The topological polar surface area (TPSA) is 34.9 Å². The molecule has 0 aliphatic heterocycles. The Morgan fingerprint density at radius 3 is 2.96 bits per heavy atom. The summed E-state index contributed by atoms with van der Waals surface area (Å²) in [6.07, 6.45) is 3.97. The van der Waals surface area contributed by atoms with Crippen LogP contribution in [0.2, 0.25) is 0 Å². The Balaban J connectivity index is 2.00. The number of benzene rings is 1. The molecule has 0 radical (unpaired) electrons. The lowest BCUT2D eigenvalue weighted by Crippen LogP contribution is -2.23. The minimum Gasteiger partial charge on any atom is -0.268 e. The number of halogens is 1. The molecule has 0 fully saturated rings. The molecule has 6 heteroatoms. The molecule has 1 aromatic carbocycles. The Morgan fingerprint density at radius 1 is 1.38 bits per heavy atom. The molecule has 1 aliphatic carbocycles. The SMILES string of the molecule is CCCSc1nc2sc3c(c2c(=O)n1-c1ccccc1F)CCC(C)C3. The monoisotopic (exact) mass is 388 g/mol. The number of para-hydroxylation sites is 1. The lowest BCUT2D eigenvalue weighted by atomic mass is 9.89. The lowest BCUT2D eigenvalue weighted by molar-refractivity contribution is 0.509. The van der Waals surface area contributed by atoms with E-state index in [1.807, 2.05) is 0 Å². The molecule has 3 nitrogen and oxygen atoms in total. The van der Waals surface area contributed by atoms with Gasteiger partial charge in [0.25, 0.3) is 5.56 Å². The summed E-state index contributed by atoms with van der Waals surface area (Å²) in [6.45, 7) is 4.34. The highest BCUT2D eigenvalue weighted by Gasteiger charge is 2.25. The maximum absolute atomic E-state index is 14.5. The highest BCUT2D eigenvalue weighted by Crippen LogP contribution is 2.37. The molecule has 2 aromatic heterocycles. The summed E-state index contributed by atoms with van der Waals surface area (Å²) in [7, 11) is 0. The molecule has 0 bridgehead atoms. The summed E-state index contributed by atoms with van der Waals surface area (Å²) in [5.74, 6) is 1.08. The second-order valence-corrected chi connectivity index (χ2v) is 9.01. The van der Waals surface area contributed by atoms with E-state index in [0.29, 0.717) is 16.5 Å². The van der Waals surface area contributed by atoms with E-state index in [-0.39, 0.29) is 11.2 Å². The first-order valence-electron chi connectivity index (χ1n) is 9.05. The molecule has 4 rings (SSSR count). The Kier molecular flexibility index (Phi) is 4.88.